The molecule has 0 aliphatic heterocycles. The molecule has 1 rings (SSSR count). The Morgan fingerprint density at radius 1 is 1.31 bits per heavy atom. The van der Waals surface area contributed by atoms with Crippen molar-refractivity contribution in [2.75, 3.05) is 6.61 Å². The summed E-state index contributed by atoms with van der Waals surface area (Å²) < 4.78 is 35.0. The van der Waals surface area contributed by atoms with Gasteiger partial charge in [0.05, 0.1) is 0 Å². The fraction of sp³-hybridized carbons (Fsp3) is 0.900. The van der Waals surface area contributed by atoms with Crippen molar-refractivity contribution in [1.29, 1.82) is 0 Å². The van der Waals surface area contributed by atoms with Crippen LogP contribution in [0.1, 0.15) is 38.5 Å². The average molecular weight is 239 g/mol. The highest BCUT2D eigenvalue weighted by Crippen LogP contribution is 2.28. The van der Waals surface area contributed by atoms with Crippen molar-refractivity contribution in [2.24, 2.45) is 5.92 Å². The molecule has 0 radical (unpaired) electrons. The van der Waals surface area contributed by atoms with E-state index in [4.69, 9.17) is 0 Å². The van der Waals surface area contributed by atoms with Crippen LogP contribution >= 0.6 is 0 Å². The quantitative estimate of drug-likeness (QED) is 0.749. The summed E-state index contributed by atoms with van der Waals surface area (Å²) in [5.41, 5.74) is 1.80. The number of carbonyl (C=O) groups is 1. The van der Waals surface area contributed by atoms with Gasteiger partial charge in [-0.05, 0) is 12.3 Å². The minimum atomic E-state index is -4.40. The summed E-state index contributed by atoms with van der Waals surface area (Å²) in [5, 5.41) is 0. The molecule has 94 valence electrons. The number of rotatable bonds is 5. The van der Waals surface area contributed by atoms with Gasteiger partial charge in [-0.3, -0.25) is 9.63 Å². The highest BCUT2D eigenvalue weighted by atomic mass is 19.4. The summed E-state index contributed by atoms with van der Waals surface area (Å²) in [6.45, 7) is -1.44. The Labute approximate surface area is 92.3 Å². The van der Waals surface area contributed by atoms with Crippen LogP contribution in [0.15, 0.2) is 0 Å². The summed E-state index contributed by atoms with van der Waals surface area (Å²) in [6, 6.07) is 0. The van der Waals surface area contributed by atoms with Crippen molar-refractivity contribution in [2.45, 2.75) is 44.7 Å². The van der Waals surface area contributed by atoms with Crippen molar-refractivity contribution in [1.82, 2.24) is 5.48 Å². The third kappa shape index (κ3) is 5.95. The van der Waals surface area contributed by atoms with Crippen molar-refractivity contribution < 1.29 is 22.8 Å². The summed E-state index contributed by atoms with van der Waals surface area (Å²) >= 11 is 0. The molecule has 1 aliphatic carbocycles. The van der Waals surface area contributed by atoms with Gasteiger partial charge in [0.25, 0.3) is 0 Å². The number of carbonyl (C=O) groups excluding carboxylic acids is 1. The fourth-order valence-corrected chi connectivity index (χ4v) is 1.88. The van der Waals surface area contributed by atoms with E-state index in [-0.39, 0.29) is 6.42 Å². The van der Waals surface area contributed by atoms with Gasteiger partial charge in [-0.2, -0.15) is 13.2 Å². The molecule has 3 nitrogen and oxygen atoms in total. The minimum absolute atomic E-state index is 0.239. The maximum atomic E-state index is 11.7. The Balaban J connectivity index is 2.02. The first-order valence-corrected chi connectivity index (χ1v) is 5.45. The van der Waals surface area contributed by atoms with E-state index in [2.05, 4.69) is 4.84 Å². The van der Waals surface area contributed by atoms with Gasteiger partial charge < -0.3 is 0 Å². The molecule has 1 amide bonds. The summed E-state index contributed by atoms with van der Waals surface area (Å²) in [5.74, 6) is 0.0736. The minimum Gasteiger partial charge on any atom is -0.273 e. The first kappa shape index (κ1) is 13.3. The van der Waals surface area contributed by atoms with E-state index < -0.39 is 18.7 Å². The fourth-order valence-electron chi connectivity index (χ4n) is 1.88. The van der Waals surface area contributed by atoms with Crippen LogP contribution in [0.25, 0.3) is 0 Å². The maximum absolute atomic E-state index is 11.7. The zero-order valence-electron chi connectivity index (χ0n) is 8.98. The van der Waals surface area contributed by atoms with Crippen LogP contribution in [0.4, 0.5) is 13.2 Å². The SMILES string of the molecule is O=C(CCC1CCCC1)NOCC(F)(F)F. The smallest absolute Gasteiger partial charge is 0.273 e. The van der Waals surface area contributed by atoms with E-state index in [0.717, 1.165) is 19.3 Å². The number of nitrogens with one attached hydrogen (secondary N) is 1. The lowest BCUT2D eigenvalue weighted by Gasteiger charge is -2.10. The molecule has 0 aromatic rings. The number of hydrogen-bond donors (Lipinski definition) is 1. The van der Waals surface area contributed by atoms with E-state index in [1.165, 1.54) is 12.8 Å². The molecule has 0 bridgehead atoms. The molecular formula is C10H16F3NO2. The van der Waals surface area contributed by atoms with Gasteiger partial charge in [0.1, 0.15) is 0 Å². The Kier molecular flexibility index (Phi) is 5.05. The number of alkyl halides is 3. The highest BCUT2D eigenvalue weighted by Gasteiger charge is 2.28. The van der Waals surface area contributed by atoms with Crippen molar-refractivity contribution in [3.8, 4) is 0 Å². The molecule has 0 unspecified atom stereocenters. The van der Waals surface area contributed by atoms with Crippen LogP contribution in [0.5, 0.6) is 0 Å². The number of hydrogen-bond acceptors (Lipinski definition) is 2. The third-order valence-corrected chi connectivity index (χ3v) is 2.68. The van der Waals surface area contributed by atoms with E-state index in [1.54, 1.807) is 5.48 Å². The van der Waals surface area contributed by atoms with Crippen molar-refractivity contribution >= 4 is 5.91 Å². The maximum Gasteiger partial charge on any atom is 0.414 e. The molecular weight excluding hydrogens is 223 g/mol. The van der Waals surface area contributed by atoms with Crippen LogP contribution in [0.3, 0.4) is 0 Å². The molecule has 0 aromatic carbocycles. The lowest BCUT2D eigenvalue weighted by molar-refractivity contribution is -0.191. The molecule has 0 saturated heterocycles. The zero-order chi connectivity index (χ0) is 12.0. The molecule has 0 aromatic heterocycles. The molecule has 1 saturated carbocycles. The largest absolute Gasteiger partial charge is 0.414 e. The molecule has 0 atom stereocenters. The van der Waals surface area contributed by atoms with Crippen molar-refractivity contribution in [3.63, 3.8) is 0 Å². The first-order chi connectivity index (χ1) is 7.47. The van der Waals surface area contributed by atoms with Gasteiger partial charge in [0.15, 0.2) is 6.61 Å². The summed E-state index contributed by atoms with van der Waals surface area (Å²) in [7, 11) is 0. The van der Waals surface area contributed by atoms with Crippen LogP contribution in [0.2, 0.25) is 0 Å². The predicted molar refractivity (Wildman–Crippen MR) is 51.3 cm³/mol. The molecule has 0 heterocycles. The third-order valence-electron chi connectivity index (χ3n) is 2.68. The van der Waals surface area contributed by atoms with Gasteiger partial charge in [-0.15, -0.1) is 0 Å². The molecule has 1 aliphatic rings. The number of hydroxylamine groups is 1. The zero-order valence-corrected chi connectivity index (χ0v) is 8.98. The Morgan fingerprint density at radius 3 is 2.50 bits per heavy atom. The topological polar surface area (TPSA) is 38.3 Å². The molecule has 6 heteroatoms. The van der Waals surface area contributed by atoms with Crippen LogP contribution in [0, 0.1) is 5.92 Å². The van der Waals surface area contributed by atoms with Crippen LogP contribution in [-0.2, 0) is 9.63 Å². The second-order valence-corrected chi connectivity index (χ2v) is 4.12. The van der Waals surface area contributed by atoms with E-state index >= 15 is 0 Å². The lowest BCUT2D eigenvalue weighted by Crippen LogP contribution is -2.29. The lowest BCUT2D eigenvalue weighted by atomic mass is 10.0. The van der Waals surface area contributed by atoms with Crippen molar-refractivity contribution in [3.05, 3.63) is 0 Å². The standard InChI is InChI=1S/C10H16F3NO2/c11-10(12,13)7-16-14-9(15)6-5-8-3-1-2-4-8/h8H,1-7H2,(H,14,15). The average Bonchev–Trinajstić information content (AvgIpc) is 2.65. The van der Waals surface area contributed by atoms with Crippen LogP contribution < -0.4 is 5.48 Å². The van der Waals surface area contributed by atoms with Gasteiger partial charge in [-0.1, -0.05) is 25.7 Å². The Morgan fingerprint density at radius 2 is 1.94 bits per heavy atom. The van der Waals surface area contributed by atoms with Gasteiger partial charge in [0, 0.05) is 6.42 Å². The van der Waals surface area contributed by atoms with Gasteiger partial charge in [0.2, 0.25) is 5.91 Å². The highest BCUT2D eigenvalue weighted by molar-refractivity contribution is 5.74. The Bertz CT molecular complexity index is 225. The molecule has 1 N–H and O–H groups in total. The van der Waals surface area contributed by atoms with Gasteiger partial charge >= 0.3 is 6.18 Å². The second-order valence-electron chi connectivity index (χ2n) is 4.12. The van der Waals surface area contributed by atoms with E-state index in [9.17, 15) is 18.0 Å². The molecule has 1 fully saturated rings. The normalized spacial score (nSPS) is 17.7. The molecule has 16 heavy (non-hydrogen) atoms. The number of amides is 1. The summed E-state index contributed by atoms with van der Waals surface area (Å²) in [6.07, 6.45) is 1.20. The van der Waals surface area contributed by atoms with Gasteiger partial charge in [-0.25, -0.2) is 5.48 Å². The Hall–Kier alpha value is -0.780. The van der Waals surface area contributed by atoms with E-state index in [1.807, 2.05) is 0 Å². The summed E-state index contributed by atoms with van der Waals surface area (Å²) in [4.78, 5) is 15.1. The molecule has 0 spiro atoms. The monoisotopic (exact) mass is 239 g/mol. The second kappa shape index (κ2) is 6.08. The predicted octanol–water partition coefficient (Wildman–Crippen LogP) is 2.57. The number of halogens is 3. The first-order valence-electron chi connectivity index (χ1n) is 5.45. The van der Waals surface area contributed by atoms with E-state index in [0.29, 0.717) is 5.92 Å². The van der Waals surface area contributed by atoms with Crippen LogP contribution in [-0.4, -0.2) is 18.7 Å².